The number of hydrogen-bond acceptors (Lipinski definition) is 2. The largest absolute Gasteiger partial charge is 0.294 e. The summed E-state index contributed by atoms with van der Waals surface area (Å²) in [5, 5.41) is 3.75. The topological polar surface area (TPSA) is 17.1 Å². The molecule has 1 aromatic rings. The second-order valence-electron chi connectivity index (χ2n) is 2.28. The Hall–Kier alpha value is -0.630. The molecule has 0 aliphatic rings. The van der Waals surface area contributed by atoms with Gasteiger partial charge < -0.3 is 0 Å². The number of rotatable bonds is 1. The van der Waals surface area contributed by atoms with Crippen LogP contribution in [0, 0.1) is 0 Å². The van der Waals surface area contributed by atoms with Gasteiger partial charge in [-0.05, 0) is 18.4 Å². The standard InChI is InChI=1S/C6H6OS.C3H8/c1-5(7)6-2-3-8-4-6;1-3-2/h2-4H,1H3;3H2,1-2H3. The van der Waals surface area contributed by atoms with Gasteiger partial charge in [-0.25, -0.2) is 0 Å². The van der Waals surface area contributed by atoms with Gasteiger partial charge in [0.25, 0.3) is 0 Å². The molecule has 0 radical (unpaired) electrons. The molecule has 0 N–H and O–H groups in total. The van der Waals surface area contributed by atoms with Gasteiger partial charge in [0, 0.05) is 10.9 Å². The van der Waals surface area contributed by atoms with Crippen molar-refractivity contribution in [3.05, 3.63) is 22.4 Å². The maximum absolute atomic E-state index is 10.5. The summed E-state index contributed by atoms with van der Waals surface area (Å²) in [6, 6.07) is 1.83. The third-order valence-corrected chi connectivity index (χ3v) is 1.61. The van der Waals surface area contributed by atoms with Crippen LogP contribution in [0.15, 0.2) is 16.8 Å². The molecule has 0 aliphatic heterocycles. The molecule has 0 saturated carbocycles. The molecule has 0 bridgehead atoms. The minimum Gasteiger partial charge on any atom is -0.294 e. The summed E-state index contributed by atoms with van der Waals surface area (Å²) in [6.45, 7) is 5.82. The molecule has 1 heterocycles. The van der Waals surface area contributed by atoms with Gasteiger partial charge in [0.1, 0.15) is 0 Å². The molecule has 2 heteroatoms. The van der Waals surface area contributed by atoms with E-state index in [0.717, 1.165) is 5.56 Å². The molecule has 1 rings (SSSR count). The normalized spacial score (nSPS) is 8.27. The number of ketones is 1. The lowest BCUT2D eigenvalue weighted by Gasteiger charge is -1.79. The van der Waals surface area contributed by atoms with Crippen molar-refractivity contribution < 1.29 is 4.79 Å². The Morgan fingerprint density at radius 2 is 2.09 bits per heavy atom. The van der Waals surface area contributed by atoms with E-state index in [1.807, 2.05) is 16.8 Å². The molecule has 0 aromatic carbocycles. The lowest BCUT2D eigenvalue weighted by molar-refractivity contribution is 0.101. The van der Waals surface area contributed by atoms with E-state index in [9.17, 15) is 4.79 Å². The van der Waals surface area contributed by atoms with Crippen LogP contribution in [0.3, 0.4) is 0 Å². The molecular weight excluding hydrogens is 156 g/mol. The highest BCUT2D eigenvalue weighted by molar-refractivity contribution is 7.08. The van der Waals surface area contributed by atoms with Crippen LogP contribution in [-0.4, -0.2) is 5.78 Å². The van der Waals surface area contributed by atoms with Crippen LogP contribution in [0.4, 0.5) is 0 Å². The van der Waals surface area contributed by atoms with Crippen LogP contribution < -0.4 is 0 Å². The van der Waals surface area contributed by atoms with Gasteiger partial charge >= 0.3 is 0 Å². The zero-order chi connectivity index (χ0) is 8.69. The molecule has 0 atom stereocenters. The zero-order valence-electron chi connectivity index (χ0n) is 7.26. The molecular formula is C9H14OS. The van der Waals surface area contributed by atoms with Crippen molar-refractivity contribution in [2.75, 3.05) is 0 Å². The summed E-state index contributed by atoms with van der Waals surface area (Å²) in [5.41, 5.74) is 0.815. The molecule has 0 saturated heterocycles. The Morgan fingerprint density at radius 3 is 2.27 bits per heavy atom. The lowest BCUT2D eigenvalue weighted by Crippen LogP contribution is -1.85. The van der Waals surface area contributed by atoms with Crippen molar-refractivity contribution in [2.45, 2.75) is 27.2 Å². The number of carbonyl (C=O) groups excluding carboxylic acids is 1. The SMILES string of the molecule is CC(=O)c1ccsc1.CCC. The van der Waals surface area contributed by atoms with E-state index in [1.165, 1.54) is 6.42 Å². The maximum atomic E-state index is 10.5. The van der Waals surface area contributed by atoms with E-state index in [2.05, 4.69) is 13.8 Å². The molecule has 0 spiro atoms. The average molecular weight is 170 g/mol. The fraction of sp³-hybridized carbons (Fsp3) is 0.444. The highest BCUT2D eigenvalue weighted by Crippen LogP contribution is 2.05. The molecule has 1 nitrogen and oxygen atoms in total. The summed E-state index contributed by atoms with van der Waals surface area (Å²) in [7, 11) is 0. The van der Waals surface area contributed by atoms with E-state index in [-0.39, 0.29) is 5.78 Å². The second kappa shape index (κ2) is 6.10. The predicted octanol–water partition coefficient (Wildman–Crippen LogP) is 3.37. The van der Waals surface area contributed by atoms with E-state index < -0.39 is 0 Å². The molecule has 11 heavy (non-hydrogen) atoms. The lowest BCUT2D eigenvalue weighted by atomic mass is 10.2. The Labute approximate surface area is 72.1 Å². The van der Waals surface area contributed by atoms with Crippen molar-refractivity contribution in [2.24, 2.45) is 0 Å². The first-order chi connectivity index (χ1) is 5.22. The van der Waals surface area contributed by atoms with Crippen molar-refractivity contribution in [1.82, 2.24) is 0 Å². The van der Waals surface area contributed by atoms with Crippen molar-refractivity contribution in [3.8, 4) is 0 Å². The van der Waals surface area contributed by atoms with Gasteiger partial charge in [0.2, 0.25) is 0 Å². The number of carbonyl (C=O) groups is 1. The fourth-order valence-electron chi connectivity index (χ4n) is 0.465. The third kappa shape index (κ3) is 4.73. The Kier molecular flexibility index (Phi) is 5.75. The van der Waals surface area contributed by atoms with Gasteiger partial charge in [0.15, 0.2) is 5.78 Å². The molecule has 62 valence electrons. The summed E-state index contributed by atoms with van der Waals surface area (Å²) >= 11 is 1.55. The Balaban J connectivity index is 0.000000292. The highest BCUT2D eigenvalue weighted by Gasteiger charge is 1.94. The first-order valence-electron chi connectivity index (χ1n) is 3.75. The smallest absolute Gasteiger partial charge is 0.160 e. The van der Waals surface area contributed by atoms with Crippen LogP contribution >= 0.6 is 11.3 Å². The van der Waals surface area contributed by atoms with Crippen LogP contribution in [-0.2, 0) is 0 Å². The maximum Gasteiger partial charge on any atom is 0.160 e. The minimum atomic E-state index is 0.145. The number of thiophene rings is 1. The molecule has 0 fully saturated rings. The molecule has 0 amide bonds. The van der Waals surface area contributed by atoms with E-state index >= 15 is 0 Å². The van der Waals surface area contributed by atoms with Crippen LogP contribution in [0.1, 0.15) is 37.6 Å². The third-order valence-electron chi connectivity index (χ3n) is 0.928. The first-order valence-corrected chi connectivity index (χ1v) is 4.69. The van der Waals surface area contributed by atoms with Crippen LogP contribution in [0.5, 0.6) is 0 Å². The van der Waals surface area contributed by atoms with Crippen LogP contribution in [0.2, 0.25) is 0 Å². The quantitative estimate of drug-likeness (QED) is 0.590. The minimum absolute atomic E-state index is 0.145. The first kappa shape index (κ1) is 10.4. The van der Waals surface area contributed by atoms with Crippen molar-refractivity contribution in [1.29, 1.82) is 0 Å². The Morgan fingerprint density at radius 1 is 1.55 bits per heavy atom. The van der Waals surface area contributed by atoms with E-state index in [1.54, 1.807) is 18.3 Å². The van der Waals surface area contributed by atoms with Gasteiger partial charge in [-0.3, -0.25) is 4.79 Å². The zero-order valence-corrected chi connectivity index (χ0v) is 8.07. The summed E-state index contributed by atoms with van der Waals surface area (Å²) in [4.78, 5) is 10.5. The monoisotopic (exact) mass is 170 g/mol. The summed E-state index contributed by atoms with van der Waals surface area (Å²) < 4.78 is 0. The summed E-state index contributed by atoms with van der Waals surface area (Å²) in [6.07, 6.45) is 1.25. The van der Waals surface area contributed by atoms with Crippen LogP contribution in [0.25, 0.3) is 0 Å². The number of Topliss-reactive ketones (excluding diaryl/α,β-unsaturated/α-hetero) is 1. The van der Waals surface area contributed by atoms with Crippen molar-refractivity contribution in [3.63, 3.8) is 0 Å². The van der Waals surface area contributed by atoms with E-state index in [4.69, 9.17) is 0 Å². The van der Waals surface area contributed by atoms with Gasteiger partial charge in [-0.15, -0.1) is 0 Å². The molecule has 0 aliphatic carbocycles. The molecule has 1 aromatic heterocycles. The highest BCUT2D eigenvalue weighted by atomic mass is 32.1. The second-order valence-corrected chi connectivity index (χ2v) is 3.06. The average Bonchev–Trinajstić information content (AvgIpc) is 2.38. The summed E-state index contributed by atoms with van der Waals surface area (Å²) in [5.74, 6) is 0.145. The fourth-order valence-corrected chi connectivity index (χ4v) is 1.16. The van der Waals surface area contributed by atoms with Gasteiger partial charge in [0.05, 0.1) is 0 Å². The molecule has 0 unspecified atom stereocenters. The van der Waals surface area contributed by atoms with Gasteiger partial charge in [-0.1, -0.05) is 20.3 Å². The predicted molar refractivity (Wildman–Crippen MR) is 50.3 cm³/mol. The van der Waals surface area contributed by atoms with E-state index in [0.29, 0.717) is 0 Å². The van der Waals surface area contributed by atoms with Crippen molar-refractivity contribution >= 4 is 17.1 Å². The Bertz CT molecular complexity index is 189. The number of hydrogen-bond donors (Lipinski definition) is 0. The van der Waals surface area contributed by atoms with Gasteiger partial charge in [-0.2, -0.15) is 11.3 Å².